The van der Waals surface area contributed by atoms with Gasteiger partial charge < -0.3 is 9.15 Å². The van der Waals surface area contributed by atoms with Gasteiger partial charge in [-0.15, -0.1) is 0 Å². The van der Waals surface area contributed by atoms with Crippen LogP contribution in [0.4, 0.5) is 4.39 Å². The minimum absolute atomic E-state index is 0.0393. The third-order valence-corrected chi connectivity index (χ3v) is 2.24. The van der Waals surface area contributed by atoms with Crippen molar-refractivity contribution in [2.24, 2.45) is 0 Å². The van der Waals surface area contributed by atoms with Crippen LogP contribution in [0.1, 0.15) is 16.1 Å². The molecule has 2 rings (SSSR count). The summed E-state index contributed by atoms with van der Waals surface area (Å²) in [5.41, 5.74) is -0.218. The first-order chi connectivity index (χ1) is 8.72. The molecular weight excluding hydrogens is 237 g/mol. The van der Waals surface area contributed by atoms with Crippen molar-refractivity contribution in [1.29, 1.82) is 5.26 Å². The highest BCUT2D eigenvalue weighted by atomic mass is 19.1. The lowest BCUT2D eigenvalue weighted by atomic mass is 10.2. The van der Waals surface area contributed by atoms with Crippen LogP contribution in [0.5, 0.6) is 5.75 Å². The molecule has 1 aromatic carbocycles. The molecule has 0 aliphatic heterocycles. The van der Waals surface area contributed by atoms with E-state index in [1.54, 1.807) is 12.1 Å². The van der Waals surface area contributed by atoms with Gasteiger partial charge in [0.1, 0.15) is 23.2 Å². The number of benzene rings is 1. The Morgan fingerprint density at radius 2 is 2.22 bits per heavy atom. The Bertz CT molecular complexity index is 599. The molecule has 0 bridgehead atoms. The van der Waals surface area contributed by atoms with Crippen LogP contribution < -0.4 is 4.74 Å². The van der Waals surface area contributed by atoms with E-state index in [9.17, 15) is 9.18 Å². The zero-order chi connectivity index (χ0) is 13.0. The molecule has 18 heavy (non-hydrogen) atoms. The van der Waals surface area contributed by atoms with Crippen molar-refractivity contribution >= 4 is 5.78 Å². The second-order valence-corrected chi connectivity index (χ2v) is 3.41. The van der Waals surface area contributed by atoms with Crippen LogP contribution in [0.15, 0.2) is 41.0 Å². The molecule has 0 aliphatic carbocycles. The normalized spacial score (nSPS) is 9.78. The Morgan fingerprint density at radius 3 is 2.89 bits per heavy atom. The van der Waals surface area contributed by atoms with Crippen LogP contribution in [0.3, 0.4) is 0 Å². The molecule has 0 radical (unpaired) electrons. The van der Waals surface area contributed by atoms with E-state index >= 15 is 0 Å². The van der Waals surface area contributed by atoms with Gasteiger partial charge in [0.25, 0.3) is 0 Å². The average molecular weight is 245 g/mol. The van der Waals surface area contributed by atoms with Crippen LogP contribution in [0.2, 0.25) is 0 Å². The summed E-state index contributed by atoms with van der Waals surface area (Å²) < 4.78 is 23.3. The van der Waals surface area contributed by atoms with E-state index in [4.69, 9.17) is 14.4 Å². The van der Waals surface area contributed by atoms with E-state index in [-0.39, 0.29) is 29.5 Å². The number of ketones is 1. The minimum Gasteiger partial charge on any atom is -0.484 e. The van der Waals surface area contributed by atoms with Crippen molar-refractivity contribution in [3.05, 3.63) is 53.7 Å². The fraction of sp³-hybridized carbons (Fsp3) is 0.0769. The second-order valence-electron chi connectivity index (χ2n) is 3.41. The summed E-state index contributed by atoms with van der Waals surface area (Å²) in [7, 11) is 0. The third-order valence-electron chi connectivity index (χ3n) is 2.24. The van der Waals surface area contributed by atoms with E-state index in [2.05, 4.69) is 0 Å². The molecule has 1 aromatic heterocycles. The minimum atomic E-state index is -0.680. The fourth-order valence-electron chi connectivity index (χ4n) is 1.38. The smallest absolute Gasteiger partial charge is 0.235 e. The van der Waals surface area contributed by atoms with E-state index < -0.39 is 5.82 Å². The zero-order valence-electron chi connectivity index (χ0n) is 9.22. The molecule has 0 saturated carbocycles. The molecule has 4 nitrogen and oxygen atoms in total. The number of furan rings is 1. The molecule has 2 aromatic rings. The highest BCUT2D eigenvalue weighted by molar-refractivity contribution is 5.94. The molecule has 90 valence electrons. The Labute approximate surface area is 102 Å². The number of nitriles is 1. The van der Waals surface area contributed by atoms with Gasteiger partial charge in [-0.3, -0.25) is 4.79 Å². The van der Waals surface area contributed by atoms with Crippen molar-refractivity contribution in [1.82, 2.24) is 0 Å². The van der Waals surface area contributed by atoms with Gasteiger partial charge in [0.15, 0.2) is 12.4 Å². The highest BCUT2D eigenvalue weighted by Crippen LogP contribution is 2.20. The molecule has 0 unspecified atom stereocenters. The first kappa shape index (κ1) is 11.9. The Hall–Kier alpha value is -2.61. The molecule has 0 spiro atoms. The quantitative estimate of drug-likeness (QED) is 0.776. The lowest BCUT2D eigenvalue weighted by molar-refractivity contribution is 0.0893. The van der Waals surface area contributed by atoms with E-state index in [1.165, 1.54) is 24.5 Å². The zero-order valence-corrected chi connectivity index (χ0v) is 9.22. The van der Waals surface area contributed by atoms with Gasteiger partial charge >= 0.3 is 0 Å². The number of Topliss-reactive ketones (excluding diaryl/α,β-unsaturated/α-hetero) is 1. The maximum Gasteiger partial charge on any atom is 0.235 e. The van der Waals surface area contributed by atoms with E-state index in [1.807, 2.05) is 0 Å². The number of nitrogens with zero attached hydrogens (tertiary/aromatic N) is 1. The van der Waals surface area contributed by atoms with Crippen LogP contribution >= 0.6 is 0 Å². The van der Waals surface area contributed by atoms with Gasteiger partial charge in [0, 0.05) is 0 Å². The lowest BCUT2D eigenvalue weighted by Gasteiger charge is -2.06. The molecule has 0 saturated heterocycles. The average Bonchev–Trinajstić information content (AvgIpc) is 2.90. The topological polar surface area (TPSA) is 63.2 Å². The molecule has 0 N–H and O–H groups in total. The Kier molecular flexibility index (Phi) is 3.39. The largest absolute Gasteiger partial charge is 0.484 e. The monoisotopic (exact) mass is 245 g/mol. The van der Waals surface area contributed by atoms with Gasteiger partial charge in [0.2, 0.25) is 5.78 Å². The Morgan fingerprint density at radius 1 is 1.39 bits per heavy atom. The number of carbonyl (C=O) groups is 1. The van der Waals surface area contributed by atoms with Crippen molar-refractivity contribution in [2.75, 3.05) is 6.61 Å². The van der Waals surface area contributed by atoms with E-state index in [0.29, 0.717) is 0 Å². The summed E-state index contributed by atoms with van der Waals surface area (Å²) in [6, 6.07) is 8.76. The SMILES string of the molecule is N#Cc1c(F)cccc1OCC(=O)c1ccco1. The maximum absolute atomic E-state index is 13.2. The molecule has 0 aliphatic rings. The maximum atomic E-state index is 13.2. The standard InChI is InChI=1S/C13H8FNO3/c14-10-3-1-4-12(9(10)7-15)18-8-11(16)13-5-2-6-17-13/h1-6H,8H2. The van der Waals surface area contributed by atoms with Gasteiger partial charge in [-0.05, 0) is 24.3 Å². The van der Waals surface area contributed by atoms with Gasteiger partial charge in [0.05, 0.1) is 6.26 Å². The number of halogens is 1. The number of rotatable bonds is 4. The molecule has 1 heterocycles. The molecular formula is C13H8FNO3. The van der Waals surface area contributed by atoms with Crippen LogP contribution in [-0.2, 0) is 0 Å². The number of ether oxygens (including phenoxy) is 1. The summed E-state index contributed by atoms with van der Waals surface area (Å²) in [5, 5.41) is 8.78. The lowest BCUT2D eigenvalue weighted by Crippen LogP contribution is -2.11. The number of carbonyl (C=O) groups excluding carboxylic acids is 1. The molecule has 5 heteroatoms. The summed E-state index contributed by atoms with van der Waals surface area (Å²) in [6.07, 6.45) is 1.37. The molecule has 0 atom stereocenters. The third kappa shape index (κ3) is 2.38. The number of hydrogen-bond acceptors (Lipinski definition) is 4. The van der Waals surface area contributed by atoms with Gasteiger partial charge in [-0.2, -0.15) is 5.26 Å². The summed E-state index contributed by atoms with van der Waals surface area (Å²) in [5.74, 6) is -0.865. The first-order valence-electron chi connectivity index (χ1n) is 5.10. The summed E-state index contributed by atoms with van der Waals surface area (Å²) in [6.45, 7) is -0.314. The van der Waals surface area contributed by atoms with Crippen molar-refractivity contribution in [3.63, 3.8) is 0 Å². The van der Waals surface area contributed by atoms with Crippen LogP contribution in [0.25, 0.3) is 0 Å². The highest BCUT2D eigenvalue weighted by Gasteiger charge is 2.13. The predicted molar refractivity (Wildman–Crippen MR) is 59.6 cm³/mol. The van der Waals surface area contributed by atoms with Crippen molar-refractivity contribution in [2.45, 2.75) is 0 Å². The van der Waals surface area contributed by atoms with Gasteiger partial charge in [-0.25, -0.2) is 4.39 Å². The Balaban J connectivity index is 2.10. The van der Waals surface area contributed by atoms with Crippen molar-refractivity contribution in [3.8, 4) is 11.8 Å². The molecule has 0 amide bonds. The predicted octanol–water partition coefficient (Wildman–Crippen LogP) is 2.55. The first-order valence-corrected chi connectivity index (χ1v) is 5.10. The fourth-order valence-corrected chi connectivity index (χ4v) is 1.38. The molecule has 0 fully saturated rings. The van der Waals surface area contributed by atoms with Crippen LogP contribution in [0, 0.1) is 17.1 Å². The number of hydrogen-bond donors (Lipinski definition) is 0. The van der Waals surface area contributed by atoms with Crippen molar-refractivity contribution < 1.29 is 18.3 Å². The summed E-state index contributed by atoms with van der Waals surface area (Å²) >= 11 is 0. The van der Waals surface area contributed by atoms with E-state index in [0.717, 1.165) is 6.07 Å². The van der Waals surface area contributed by atoms with Crippen LogP contribution in [-0.4, -0.2) is 12.4 Å². The summed E-state index contributed by atoms with van der Waals surface area (Å²) in [4.78, 5) is 11.6. The van der Waals surface area contributed by atoms with Gasteiger partial charge in [-0.1, -0.05) is 6.07 Å². The second kappa shape index (κ2) is 5.15.